The molecule has 27 heavy (non-hydrogen) atoms. The van der Waals surface area contributed by atoms with Crippen molar-refractivity contribution in [3.05, 3.63) is 23.3 Å². The zero-order valence-electron chi connectivity index (χ0n) is 16.4. The maximum atomic E-state index is 12.6. The molecule has 0 saturated carbocycles. The molecule has 0 spiro atoms. The van der Waals surface area contributed by atoms with Gasteiger partial charge in [-0.15, -0.1) is 0 Å². The van der Waals surface area contributed by atoms with Crippen LogP contribution >= 0.6 is 0 Å². The molecule has 3 aliphatic rings. The molecular weight excluding hydrogens is 342 g/mol. The molecular formula is C21H31N3O3. The van der Waals surface area contributed by atoms with E-state index in [-0.39, 0.29) is 18.0 Å². The minimum atomic E-state index is 0.00680. The lowest BCUT2D eigenvalue weighted by Crippen LogP contribution is -2.61. The van der Waals surface area contributed by atoms with Gasteiger partial charge in [0, 0.05) is 38.1 Å². The molecule has 0 aromatic heterocycles. The molecule has 148 valence electrons. The van der Waals surface area contributed by atoms with Gasteiger partial charge in [-0.3, -0.25) is 9.69 Å². The lowest BCUT2D eigenvalue weighted by molar-refractivity contribution is -0.135. The van der Waals surface area contributed by atoms with Gasteiger partial charge in [0.15, 0.2) is 11.5 Å². The van der Waals surface area contributed by atoms with Gasteiger partial charge in [-0.2, -0.15) is 0 Å². The number of hydrogen-bond acceptors (Lipinski definition) is 5. The van der Waals surface area contributed by atoms with Crippen LogP contribution in [0.1, 0.15) is 49.3 Å². The quantitative estimate of drug-likeness (QED) is 0.879. The van der Waals surface area contributed by atoms with Crippen molar-refractivity contribution in [2.45, 2.75) is 56.7 Å². The van der Waals surface area contributed by atoms with E-state index in [2.05, 4.69) is 21.9 Å². The van der Waals surface area contributed by atoms with E-state index < -0.39 is 0 Å². The summed E-state index contributed by atoms with van der Waals surface area (Å²) in [7, 11) is 3.36. The van der Waals surface area contributed by atoms with E-state index in [0.717, 1.165) is 63.2 Å². The maximum absolute atomic E-state index is 12.6. The molecule has 1 aromatic rings. The van der Waals surface area contributed by atoms with Crippen molar-refractivity contribution in [1.82, 2.24) is 9.80 Å². The number of nitrogens with zero attached hydrogens (tertiary/aromatic N) is 2. The number of carbonyl (C=O) groups is 1. The molecule has 0 unspecified atom stereocenters. The molecule has 0 radical (unpaired) electrons. The van der Waals surface area contributed by atoms with E-state index in [9.17, 15) is 4.79 Å². The first kappa shape index (κ1) is 18.6. The Hall–Kier alpha value is -1.79. The normalized spacial score (nSPS) is 28.9. The summed E-state index contributed by atoms with van der Waals surface area (Å²) in [5.74, 6) is 1.85. The van der Waals surface area contributed by atoms with Gasteiger partial charge in [-0.1, -0.05) is 6.42 Å². The Bertz CT molecular complexity index is 708. The minimum absolute atomic E-state index is 0.00680. The second kappa shape index (κ2) is 7.68. The first-order chi connectivity index (χ1) is 13.1. The number of nitrogens with two attached hydrogens (primary N) is 1. The summed E-state index contributed by atoms with van der Waals surface area (Å²) >= 11 is 0. The summed E-state index contributed by atoms with van der Waals surface area (Å²) in [6.07, 6.45) is 5.79. The smallest absolute Gasteiger partial charge is 0.222 e. The number of carbonyl (C=O) groups excluding carboxylic acids is 1. The molecule has 2 N–H and O–H groups in total. The zero-order chi connectivity index (χ0) is 19.0. The molecule has 0 bridgehead atoms. The number of rotatable bonds is 3. The highest BCUT2D eigenvalue weighted by Gasteiger charge is 2.41. The Morgan fingerprint density at radius 3 is 2.59 bits per heavy atom. The third kappa shape index (κ3) is 3.41. The van der Waals surface area contributed by atoms with Crippen molar-refractivity contribution in [2.24, 2.45) is 5.73 Å². The van der Waals surface area contributed by atoms with Crippen LogP contribution in [0.4, 0.5) is 0 Å². The number of ether oxygens (including phenoxy) is 2. The Balaban J connectivity index is 1.58. The van der Waals surface area contributed by atoms with Gasteiger partial charge in [-0.25, -0.2) is 0 Å². The van der Waals surface area contributed by atoms with Crippen LogP contribution in [0.5, 0.6) is 11.5 Å². The van der Waals surface area contributed by atoms with E-state index in [1.165, 1.54) is 11.1 Å². The van der Waals surface area contributed by atoms with Crippen molar-refractivity contribution in [3.63, 3.8) is 0 Å². The molecule has 2 fully saturated rings. The first-order valence-electron chi connectivity index (χ1n) is 10.2. The van der Waals surface area contributed by atoms with Crippen molar-refractivity contribution < 1.29 is 14.3 Å². The van der Waals surface area contributed by atoms with E-state index in [0.29, 0.717) is 12.5 Å². The van der Waals surface area contributed by atoms with Crippen LogP contribution in [0.25, 0.3) is 0 Å². The van der Waals surface area contributed by atoms with Crippen LogP contribution in [-0.2, 0) is 11.2 Å². The van der Waals surface area contributed by atoms with E-state index >= 15 is 0 Å². The van der Waals surface area contributed by atoms with Crippen molar-refractivity contribution >= 4 is 5.91 Å². The Labute approximate surface area is 161 Å². The van der Waals surface area contributed by atoms with Crippen LogP contribution in [0.2, 0.25) is 0 Å². The van der Waals surface area contributed by atoms with Crippen LogP contribution in [0.15, 0.2) is 12.1 Å². The predicted molar refractivity (Wildman–Crippen MR) is 104 cm³/mol. The second-order valence-electron chi connectivity index (χ2n) is 8.03. The minimum Gasteiger partial charge on any atom is -0.493 e. The third-order valence-corrected chi connectivity index (χ3v) is 6.54. The molecule has 3 heterocycles. The van der Waals surface area contributed by atoms with Gasteiger partial charge >= 0.3 is 0 Å². The molecule has 4 rings (SSSR count). The van der Waals surface area contributed by atoms with Crippen LogP contribution < -0.4 is 15.2 Å². The molecule has 1 aromatic carbocycles. The average Bonchev–Trinajstić information content (AvgIpc) is 2.90. The standard InChI is InChI=1S/C21H31N3O3/c1-26-19-10-14-7-9-23-13-18(24-8-5-3-4-6-21(24)25)16(22)12-17(23)15(14)11-20(19)27-2/h10-11,16-18H,3-9,12-13,22H2,1-2H3/t16-,17-,18-/m0/s1. The number of benzene rings is 1. The summed E-state index contributed by atoms with van der Waals surface area (Å²) in [5.41, 5.74) is 9.26. The molecule has 6 heteroatoms. The third-order valence-electron chi connectivity index (χ3n) is 6.54. The van der Waals surface area contributed by atoms with Gasteiger partial charge < -0.3 is 20.1 Å². The van der Waals surface area contributed by atoms with E-state index in [4.69, 9.17) is 15.2 Å². The van der Waals surface area contributed by atoms with E-state index in [1.807, 2.05) is 0 Å². The van der Waals surface area contributed by atoms with Crippen LogP contribution in [-0.4, -0.2) is 61.6 Å². The maximum Gasteiger partial charge on any atom is 0.222 e. The summed E-state index contributed by atoms with van der Waals surface area (Å²) in [5, 5.41) is 0. The number of amides is 1. The monoisotopic (exact) mass is 373 g/mol. The van der Waals surface area contributed by atoms with Crippen LogP contribution in [0, 0.1) is 0 Å². The largest absolute Gasteiger partial charge is 0.493 e. The average molecular weight is 373 g/mol. The summed E-state index contributed by atoms with van der Waals surface area (Å²) in [6.45, 7) is 2.72. The Kier molecular flexibility index (Phi) is 5.28. The fraction of sp³-hybridized carbons (Fsp3) is 0.667. The summed E-state index contributed by atoms with van der Waals surface area (Å²) in [4.78, 5) is 17.2. The number of fused-ring (bicyclic) bond motifs is 3. The lowest BCUT2D eigenvalue weighted by Gasteiger charge is -2.49. The number of likely N-dealkylation sites (tertiary alicyclic amines) is 1. The molecule has 1 amide bonds. The van der Waals surface area contributed by atoms with Gasteiger partial charge in [-0.05, 0) is 48.9 Å². The molecule has 0 aliphatic carbocycles. The number of methoxy groups -OCH3 is 2. The fourth-order valence-corrected chi connectivity index (χ4v) is 5.05. The highest BCUT2D eigenvalue weighted by atomic mass is 16.5. The van der Waals surface area contributed by atoms with Gasteiger partial charge in [0.2, 0.25) is 5.91 Å². The van der Waals surface area contributed by atoms with Crippen LogP contribution in [0.3, 0.4) is 0 Å². The van der Waals surface area contributed by atoms with Gasteiger partial charge in [0.25, 0.3) is 0 Å². The SMILES string of the molecule is COc1cc2c(cc1OC)[C@@H]1C[C@H](N)[C@@H](N3CCCCCC3=O)CN1CC2. The van der Waals surface area contributed by atoms with Crippen molar-refractivity contribution in [2.75, 3.05) is 33.9 Å². The highest BCUT2D eigenvalue weighted by molar-refractivity contribution is 5.77. The molecule has 6 nitrogen and oxygen atoms in total. The Morgan fingerprint density at radius 2 is 1.81 bits per heavy atom. The van der Waals surface area contributed by atoms with Gasteiger partial charge in [0.05, 0.1) is 20.3 Å². The number of hydrogen-bond donors (Lipinski definition) is 1. The summed E-state index contributed by atoms with van der Waals surface area (Å²) < 4.78 is 11.0. The molecule has 2 saturated heterocycles. The predicted octanol–water partition coefficient (Wildman–Crippen LogP) is 2.11. The van der Waals surface area contributed by atoms with Crippen molar-refractivity contribution in [1.29, 1.82) is 0 Å². The topological polar surface area (TPSA) is 68.0 Å². The molecule has 3 atom stereocenters. The highest BCUT2D eigenvalue weighted by Crippen LogP contribution is 2.42. The fourth-order valence-electron chi connectivity index (χ4n) is 5.05. The van der Waals surface area contributed by atoms with Gasteiger partial charge in [0.1, 0.15) is 0 Å². The van der Waals surface area contributed by atoms with E-state index in [1.54, 1.807) is 14.2 Å². The number of piperidine rings is 1. The second-order valence-corrected chi connectivity index (χ2v) is 8.03. The lowest BCUT2D eigenvalue weighted by atomic mass is 9.82. The summed E-state index contributed by atoms with van der Waals surface area (Å²) in [6, 6.07) is 4.67. The zero-order valence-corrected chi connectivity index (χ0v) is 16.4. The van der Waals surface area contributed by atoms with Crippen molar-refractivity contribution in [3.8, 4) is 11.5 Å². The first-order valence-corrected chi connectivity index (χ1v) is 10.2. The Morgan fingerprint density at radius 1 is 1.04 bits per heavy atom. The molecule has 3 aliphatic heterocycles.